The highest BCUT2D eigenvalue weighted by Crippen LogP contribution is 2.31. The van der Waals surface area contributed by atoms with Crippen molar-refractivity contribution in [2.75, 3.05) is 6.54 Å². The van der Waals surface area contributed by atoms with Gasteiger partial charge in [0.2, 0.25) is 5.91 Å². The third kappa shape index (κ3) is 4.21. The minimum atomic E-state index is 0. The van der Waals surface area contributed by atoms with E-state index in [0.717, 1.165) is 23.7 Å². The SMILES string of the molecule is Cc1cc(Br)ccc1CNC(=O)[C@@H]1CCC[C@@H]1CN.Cl. The standard InChI is InChI=1S/C15H21BrN2O.ClH/c1-10-7-13(16)6-5-12(10)9-18-15(19)14-4-2-3-11(14)8-17;/h5-7,11,14H,2-4,8-9,17H2,1H3,(H,18,19);1H/t11-,14-;/m1./s1. The Kier molecular flexibility index (Phi) is 7.00. The van der Waals surface area contributed by atoms with E-state index in [9.17, 15) is 4.79 Å². The van der Waals surface area contributed by atoms with Gasteiger partial charge >= 0.3 is 0 Å². The zero-order valence-electron chi connectivity index (χ0n) is 11.7. The summed E-state index contributed by atoms with van der Waals surface area (Å²) in [6.07, 6.45) is 3.19. The molecule has 0 spiro atoms. The molecule has 3 nitrogen and oxygen atoms in total. The number of hydrogen-bond donors (Lipinski definition) is 2. The van der Waals surface area contributed by atoms with Gasteiger partial charge in [-0.05, 0) is 55.5 Å². The molecule has 1 amide bonds. The second kappa shape index (κ2) is 8.01. The smallest absolute Gasteiger partial charge is 0.223 e. The van der Waals surface area contributed by atoms with Crippen LogP contribution in [0.1, 0.15) is 30.4 Å². The molecular weight excluding hydrogens is 340 g/mol. The average molecular weight is 362 g/mol. The monoisotopic (exact) mass is 360 g/mol. The average Bonchev–Trinajstić information content (AvgIpc) is 2.85. The Labute approximate surface area is 135 Å². The maximum atomic E-state index is 12.2. The highest BCUT2D eigenvalue weighted by Gasteiger charge is 2.31. The van der Waals surface area contributed by atoms with Gasteiger partial charge in [0.05, 0.1) is 0 Å². The van der Waals surface area contributed by atoms with Gasteiger partial charge in [-0.2, -0.15) is 0 Å². The highest BCUT2D eigenvalue weighted by molar-refractivity contribution is 9.10. The van der Waals surface area contributed by atoms with E-state index in [1.165, 1.54) is 11.1 Å². The molecule has 1 saturated carbocycles. The largest absolute Gasteiger partial charge is 0.352 e. The fraction of sp³-hybridized carbons (Fsp3) is 0.533. The van der Waals surface area contributed by atoms with Gasteiger partial charge in [0.25, 0.3) is 0 Å². The van der Waals surface area contributed by atoms with Crippen LogP contribution in [0.4, 0.5) is 0 Å². The van der Waals surface area contributed by atoms with Crippen LogP contribution in [0.2, 0.25) is 0 Å². The Hall–Kier alpha value is -0.580. The van der Waals surface area contributed by atoms with Gasteiger partial charge in [0.1, 0.15) is 0 Å². The number of benzene rings is 1. The van der Waals surface area contributed by atoms with Crippen molar-refractivity contribution >= 4 is 34.2 Å². The van der Waals surface area contributed by atoms with Crippen LogP contribution in [0, 0.1) is 18.8 Å². The molecule has 0 saturated heterocycles. The van der Waals surface area contributed by atoms with Crippen LogP contribution in [-0.4, -0.2) is 12.5 Å². The molecule has 0 bridgehead atoms. The van der Waals surface area contributed by atoms with Crippen molar-refractivity contribution in [3.8, 4) is 0 Å². The fourth-order valence-corrected chi connectivity index (χ4v) is 3.31. The number of halogens is 2. The number of amides is 1. The third-order valence-corrected chi connectivity index (χ3v) is 4.55. The zero-order chi connectivity index (χ0) is 13.8. The van der Waals surface area contributed by atoms with Gasteiger partial charge in [-0.15, -0.1) is 12.4 Å². The molecule has 2 atom stereocenters. The molecule has 3 N–H and O–H groups in total. The van der Waals surface area contributed by atoms with E-state index in [1.54, 1.807) is 0 Å². The van der Waals surface area contributed by atoms with Crippen LogP contribution in [0.3, 0.4) is 0 Å². The summed E-state index contributed by atoms with van der Waals surface area (Å²) in [5.41, 5.74) is 8.08. The topological polar surface area (TPSA) is 55.1 Å². The third-order valence-electron chi connectivity index (χ3n) is 4.06. The number of rotatable bonds is 4. The van der Waals surface area contributed by atoms with E-state index in [0.29, 0.717) is 19.0 Å². The van der Waals surface area contributed by atoms with Crippen molar-refractivity contribution in [3.63, 3.8) is 0 Å². The van der Waals surface area contributed by atoms with Gasteiger partial charge in [-0.25, -0.2) is 0 Å². The normalized spacial score (nSPS) is 21.4. The molecule has 0 aromatic heterocycles. The Morgan fingerprint density at radius 3 is 2.85 bits per heavy atom. The number of aryl methyl sites for hydroxylation is 1. The summed E-state index contributed by atoms with van der Waals surface area (Å²) < 4.78 is 1.07. The highest BCUT2D eigenvalue weighted by atomic mass is 79.9. The molecule has 0 heterocycles. The Balaban J connectivity index is 0.00000200. The first-order valence-corrected chi connectivity index (χ1v) is 7.64. The Bertz CT molecular complexity index is 467. The van der Waals surface area contributed by atoms with Crippen LogP contribution in [0.15, 0.2) is 22.7 Å². The van der Waals surface area contributed by atoms with Crippen molar-refractivity contribution in [2.24, 2.45) is 17.6 Å². The van der Waals surface area contributed by atoms with Crippen molar-refractivity contribution in [1.29, 1.82) is 0 Å². The van der Waals surface area contributed by atoms with E-state index in [1.807, 2.05) is 6.07 Å². The summed E-state index contributed by atoms with van der Waals surface area (Å²) in [6, 6.07) is 6.13. The van der Waals surface area contributed by atoms with Crippen molar-refractivity contribution in [3.05, 3.63) is 33.8 Å². The lowest BCUT2D eigenvalue weighted by molar-refractivity contribution is -0.126. The summed E-state index contributed by atoms with van der Waals surface area (Å²) in [7, 11) is 0. The van der Waals surface area contributed by atoms with Crippen LogP contribution in [0.25, 0.3) is 0 Å². The van der Waals surface area contributed by atoms with Crippen LogP contribution >= 0.6 is 28.3 Å². The number of carbonyl (C=O) groups is 1. The van der Waals surface area contributed by atoms with E-state index in [4.69, 9.17) is 5.73 Å². The molecule has 1 aromatic carbocycles. The second-order valence-corrected chi connectivity index (χ2v) is 6.24. The van der Waals surface area contributed by atoms with Crippen LogP contribution in [0.5, 0.6) is 0 Å². The Morgan fingerprint density at radius 2 is 2.20 bits per heavy atom. The van der Waals surface area contributed by atoms with Gasteiger partial charge in [-0.3, -0.25) is 4.79 Å². The first kappa shape index (κ1) is 17.5. The molecule has 0 unspecified atom stereocenters. The van der Waals surface area contributed by atoms with Crippen molar-refractivity contribution in [2.45, 2.75) is 32.7 Å². The molecule has 1 aromatic rings. The maximum absolute atomic E-state index is 12.2. The van der Waals surface area contributed by atoms with E-state index in [-0.39, 0.29) is 24.2 Å². The predicted octanol–water partition coefficient (Wildman–Crippen LogP) is 3.17. The summed E-state index contributed by atoms with van der Waals surface area (Å²) in [5.74, 6) is 0.641. The van der Waals surface area contributed by atoms with Gasteiger partial charge in [0, 0.05) is 16.9 Å². The lowest BCUT2D eigenvalue weighted by Gasteiger charge is -2.17. The molecular formula is C15H22BrClN2O. The molecule has 5 heteroatoms. The molecule has 2 rings (SSSR count). The van der Waals surface area contributed by atoms with Gasteiger partial charge in [-0.1, -0.05) is 28.4 Å². The van der Waals surface area contributed by atoms with Crippen molar-refractivity contribution < 1.29 is 4.79 Å². The lowest BCUT2D eigenvalue weighted by atomic mass is 9.95. The fourth-order valence-electron chi connectivity index (χ4n) is 2.84. The van der Waals surface area contributed by atoms with E-state index >= 15 is 0 Å². The second-order valence-electron chi connectivity index (χ2n) is 5.32. The number of hydrogen-bond acceptors (Lipinski definition) is 2. The Morgan fingerprint density at radius 1 is 1.45 bits per heavy atom. The van der Waals surface area contributed by atoms with Gasteiger partial charge < -0.3 is 11.1 Å². The number of nitrogens with one attached hydrogen (secondary N) is 1. The van der Waals surface area contributed by atoms with Crippen molar-refractivity contribution in [1.82, 2.24) is 5.32 Å². The minimum absolute atomic E-state index is 0. The zero-order valence-corrected chi connectivity index (χ0v) is 14.1. The number of carbonyl (C=O) groups excluding carboxylic acids is 1. The van der Waals surface area contributed by atoms with Gasteiger partial charge in [0.15, 0.2) is 0 Å². The number of nitrogens with two attached hydrogens (primary N) is 1. The summed E-state index contributed by atoms with van der Waals surface area (Å²) in [6.45, 7) is 3.28. The summed E-state index contributed by atoms with van der Waals surface area (Å²) >= 11 is 3.45. The molecule has 1 fully saturated rings. The van der Waals surface area contributed by atoms with Crippen LogP contribution in [-0.2, 0) is 11.3 Å². The molecule has 1 aliphatic rings. The molecule has 112 valence electrons. The summed E-state index contributed by atoms with van der Waals surface area (Å²) in [4.78, 5) is 12.2. The predicted molar refractivity (Wildman–Crippen MR) is 87.9 cm³/mol. The summed E-state index contributed by atoms with van der Waals surface area (Å²) in [5, 5.41) is 3.06. The molecule has 0 aliphatic heterocycles. The lowest BCUT2D eigenvalue weighted by Crippen LogP contribution is -2.34. The maximum Gasteiger partial charge on any atom is 0.223 e. The molecule has 0 radical (unpaired) electrons. The molecule has 20 heavy (non-hydrogen) atoms. The first-order valence-electron chi connectivity index (χ1n) is 6.84. The quantitative estimate of drug-likeness (QED) is 0.865. The van der Waals surface area contributed by atoms with E-state index < -0.39 is 0 Å². The van der Waals surface area contributed by atoms with Crippen LogP contribution < -0.4 is 11.1 Å². The molecule has 1 aliphatic carbocycles. The first-order chi connectivity index (χ1) is 9.11. The van der Waals surface area contributed by atoms with E-state index in [2.05, 4.69) is 40.3 Å². The minimum Gasteiger partial charge on any atom is -0.352 e.